The Labute approximate surface area is 134 Å². The molecule has 0 spiro atoms. The van der Waals surface area contributed by atoms with E-state index in [-0.39, 0.29) is 0 Å². The van der Waals surface area contributed by atoms with E-state index in [2.05, 4.69) is 27.2 Å². The molecule has 1 atom stereocenters. The third-order valence-corrected chi connectivity index (χ3v) is 5.00. The summed E-state index contributed by atoms with van der Waals surface area (Å²) < 4.78 is 5.58. The number of nitrogens with one attached hydrogen (secondary N) is 1. The molecule has 3 heterocycles. The quantitative estimate of drug-likeness (QED) is 0.821. The van der Waals surface area contributed by atoms with Gasteiger partial charge in [-0.2, -0.15) is 5.10 Å². The standard InChI is InChI=1S/C16H23N3O2S/c20-14(11-21-12-15-2-1-9-22-15)10-19-7-4-13(5-8-19)16-3-6-17-18-16/h1-3,6,9,13-14,20H,4-5,7-8,10-12H2,(H,17,18). The van der Waals surface area contributed by atoms with Gasteiger partial charge in [0.1, 0.15) is 0 Å². The number of H-pyrrole nitrogens is 1. The van der Waals surface area contributed by atoms with E-state index in [4.69, 9.17) is 4.74 Å². The van der Waals surface area contributed by atoms with Crippen molar-refractivity contribution in [2.75, 3.05) is 26.2 Å². The first-order chi connectivity index (χ1) is 10.8. The van der Waals surface area contributed by atoms with Gasteiger partial charge in [-0.15, -0.1) is 11.3 Å². The largest absolute Gasteiger partial charge is 0.389 e. The molecule has 0 bridgehead atoms. The van der Waals surface area contributed by atoms with Gasteiger partial charge in [-0.25, -0.2) is 0 Å². The molecule has 1 fully saturated rings. The molecule has 1 aliphatic rings. The second-order valence-electron chi connectivity index (χ2n) is 5.84. The zero-order valence-corrected chi connectivity index (χ0v) is 13.5. The summed E-state index contributed by atoms with van der Waals surface area (Å²) in [5.74, 6) is 0.575. The summed E-state index contributed by atoms with van der Waals surface area (Å²) in [5.41, 5.74) is 1.24. The number of hydrogen-bond donors (Lipinski definition) is 2. The lowest BCUT2D eigenvalue weighted by Gasteiger charge is -2.32. The first kappa shape index (κ1) is 15.7. The monoisotopic (exact) mass is 321 g/mol. The van der Waals surface area contributed by atoms with E-state index in [0.717, 1.165) is 25.9 Å². The van der Waals surface area contributed by atoms with E-state index >= 15 is 0 Å². The topological polar surface area (TPSA) is 61.4 Å². The molecule has 5 nitrogen and oxygen atoms in total. The summed E-state index contributed by atoms with van der Waals surface area (Å²) in [7, 11) is 0. The van der Waals surface area contributed by atoms with E-state index in [0.29, 0.717) is 25.7 Å². The Balaban J connectivity index is 1.33. The maximum atomic E-state index is 10.1. The second-order valence-corrected chi connectivity index (χ2v) is 6.87. The maximum Gasteiger partial charge on any atom is 0.0900 e. The van der Waals surface area contributed by atoms with Crippen LogP contribution in [0.15, 0.2) is 29.8 Å². The summed E-state index contributed by atoms with van der Waals surface area (Å²) in [5, 5.41) is 19.2. The third-order valence-electron chi connectivity index (χ3n) is 4.15. The van der Waals surface area contributed by atoms with Crippen LogP contribution in [-0.2, 0) is 11.3 Å². The van der Waals surface area contributed by atoms with Crippen LogP contribution in [-0.4, -0.2) is 52.5 Å². The van der Waals surface area contributed by atoms with Crippen molar-refractivity contribution in [1.29, 1.82) is 0 Å². The summed E-state index contributed by atoms with van der Waals surface area (Å²) in [6.07, 6.45) is 3.63. The normalized spacial score (nSPS) is 18.6. The lowest BCUT2D eigenvalue weighted by Crippen LogP contribution is -2.39. The Morgan fingerprint density at radius 1 is 1.41 bits per heavy atom. The lowest BCUT2D eigenvalue weighted by atomic mass is 9.93. The van der Waals surface area contributed by atoms with Gasteiger partial charge in [-0.3, -0.25) is 5.10 Å². The van der Waals surface area contributed by atoms with Crippen LogP contribution in [0.5, 0.6) is 0 Å². The van der Waals surface area contributed by atoms with Crippen LogP contribution in [0, 0.1) is 0 Å². The molecule has 0 saturated carbocycles. The van der Waals surface area contributed by atoms with Gasteiger partial charge in [-0.05, 0) is 43.4 Å². The molecule has 0 aromatic carbocycles. The van der Waals surface area contributed by atoms with Gasteiger partial charge in [0.15, 0.2) is 0 Å². The van der Waals surface area contributed by atoms with Gasteiger partial charge < -0.3 is 14.7 Å². The SMILES string of the molecule is OC(COCc1cccs1)CN1CCC(c2ccn[nH]2)CC1. The molecule has 2 aromatic heterocycles. The van der Waals surface area contributed by atoms with Gasteiger partial charge in [0.2, 0.25) is 0 Å². The number of ether oxygens (including phenoxy) is 1. The number of aromatic nitrogens is 2. The minimum absolute atomic E-state index is 0.401. The van der Waals surface area contributed by atoms with Gasteiger partial charge in [0, 0.05) is 29.2 Å². The minimum atomic E-state index is -0.413. The van der Waals surface area contributed by atoms with Crippen molar-refractivity contribution in [3.63, 3.8) is 0 Å². The van der Waals surface area contributed by atoms with Crippen molar-refractivity contribution in [2.45, 2.75) is 31.5 Å². The zero-order chi connectivity index (χ0) is 15.2. The van der Waals surface area contributed by atoms with Crippen LogP contribution in [0.3, 0.4) is 0 Å². The van der Waals surface area contributed by atoms with Gasteiger partial charge in [-0.1, -0.05) is 6.07 Å². The van der Waals surface area contributed by atoms with Crippen molar-refractivity contribution < 1.29 is 9.84 Å². The number of β-amino-alcohol motifs (C(OH)–C–C–N with tert-alkyl or cyclic N) is 1. The highest BCUT2D eigenvalue weighted by molar-refractivity contribution is 7.09. The number of aliphatic hydroxyl groups excluding tert-OH is 1. The molecule has 3 rings (SSSR count). The number of likely N-dealkylation sites (tertiary alicyclic amines) is 1. The van der Waals surface area contributed by atoms with Crippen molar-refractivity contribution in [3.05, 3.63) is 40.3 Å². The Kier molecular flexibility index (Phi) is 5.61. The first-order valence-electron chi connectivity index (χ1n) is 7.81. The number of piperidine rings is 1. The van der Waals surface area contributed by atoms with Crippen molar-refractivity contribution in [2.24, 2.45) is 0 Å². The molecule has 0 aliphatic carbocycles. The Bertz CT molecular complexity index is 522. The molecular weight excluding hydrogens is 298 g/mol. The molecule has 1 saturated heterocycles. The predicted octanol–water partition coefficient (Wildman–Crippen LogP) is 2.23. The Morgan fingerprint density at radius 2 is 2.27 bits per heavy atom. The molecule has 2 N–H and O–H groups in total. The molecule has 6 heteroatoms. The third kappa shape index (κ3) is 4.39. The second kappa shape index (κ2) is 7.87. The zero-order valence-electron chi connectivity index (χ0n) is 12.6. The van der Waals surface area contributed by atoms with E-state index in [1.54, 1.807) is 11.3 Å². The molecule has 22 heavy (non-hydrogen) atoms. The van der Waals surface area contributed by atoms with Gasteiger partial charge in [0.25, 0.3) is 0 Å². The molecule has 120 valence electrons. The van der Waals surface area contributed by atoms with Crippen LogP contribution in [0.1, 0.15) is 29.3 Å². The highest BCUT2D eigenvalue weighted by Gasteiger charge is 2.22. The lowest BCUT2D eigenvalue weighted by molar-refractivity contribution is 0.00689. The molecule has 1 aliphatic heterocycles. The van der Waals surface area contributed by atoms with Crippen molar-refractivity contribution in [3.8, 4) is 0 Å². The fourth-order valence-electron chi connectivity index (χ4n) is 2.96. The Hall–Kier alpha value is -1.21. The highest BCUT2D eigenvalue weighted by Crippen LogP contribution is 2.26. The molecule has 0 radical (unpaired) electrons. The van der Waals surface area contributed by atoms with Crippen LogP contribution >= 0.6 is 11.3 Å². The molecular formula is C16H23N3O2S. The van der Waals surface area contributed by atoms with Crippen molar-refractivity contribution in [1.82, 2.24) is 15.1 Å². The average Bonchev–Trinajstić information content (AvgIpc) is 3.21. The van der Waals surface area contributed by atoms with E-state index < -0.39 is 6.10 Å². The number of aliphatic hydroxyl groups is 1. The molecule has 0 amide bonds. The van der Waals surface area contributed by atoms with Gasteiger partial charge in [0.05, 0.1) is 19.3 Å². The summed E-state index contributed by atoms with van der Waals surface area (Å²) >= 11 is 1.68. The molecule has 2 aromatic rings. The summed E-state index contributed by atoms with van der Waals surface area (Å²) in [4.78, 5) is 3.53. The minimum Gasteiger partial charge on any atom is -0.389 e. The predicted molar refractivity (Wildman–Crippen MR) is 87.0 cm³/mol. The average molecular weight is 321 g/mol. The number of hydrogen-bond acceptors (Lipinski definition) is 5. The van der Waals surface area contributed by atoms with Crippen LogP contribution in [0.25, 0.3) is 0 Å². The van der Waals surface area contributed by atoms with Crippen molar-refractivity contribution >= 4 is 11.3 Å². The van der Waals surface area contributed by atoms with E-state index in [1.165, 1.54) is 10.6 Å². The number of nitrogens with zero attached hydrogens (tertiary/aromatic N) is 2. The fourth-order valence-corrected chi connectivity index (χ4v) is 3.60. The van der Waals surface area contributed by atoms with Crippen LogP contribution in [0.4, 0.5) is 0 Å². The van der Waals surface area contributed by atoms with E-state index in [1.807, 2.05) is 17.6 Å². The fraction of sp³-hybridized carbons (Fsp3) is 0.562. The number of aromatic amines is 1. The van der Waals surface area contributed by atoms with Crippen LogP contribution < -0.4 is 0 Å². The first-order valence-corrected chi connectivity index (χ1v) is 8.69. The number of rotatable bonds is 7. The summed E-state index contributed by atoms with van der Waals surface area (Å²) in [6, 6.07) is 6.13. The van der Waals surface area contributed by atoms with E-state index in [9.17, 15) is 5.11 Å². The highest BCUT2D eigenvalue weighted by atomic mass is 32.1. The number of thiophene rings is 1. The summed E-state index contributed by atoms with van der Waals surface area (Å²) in [6.45, 7) is 3.73. The smallest absolute Gasteiger partial charge is 0.0900 e. The van der Waals surface area contributed by atoms with Gasteiger partial charge >= 0.3 is 0 Å². The maximum absolute atomic E-state index is 10.1. The Morgan fingerprint density at radius 3 is 2.95 bits per heavy atom. The van der Waals surface area contributed by atoms with Crippen LogP contribution in [0.2, 0.25) is 0 Å². The molecule has 1 unspecified atom stereocenters.